The topological polar surface area (TPSA) is 95.9 Å². The lowest BCUT2D eigenvalue weighted by Gasteiger charge is -2.20. The molecule has 0 aliphatic rings. The van der Waals surface area contributed by atoms with Crippen molar-refractivity contribution in [2.75, 3.05) is 13.2 Å². The van der Waals surface area contributed by atoms with Crippen LogP contribution in [0, 0.1) is 0 Å². The van der Waals surface area contributed by atoms with Gasteiger partial charge in [0.15, 0.2) is 0 Å². The molecule has 0 bridgehead atoms. The van der Waals surface area contributed by atoms with Crippen LogP contribution in [0.4, 0.5) is 0 Å². The summed E-state index contributed by atoms with van der Waals surface area (Å²) in [5, 5.41) is 23.3. The van der Waals surface area contributed by atoms with Gasteiger partial charge in [-0.25, -0.2) is 0 Å². The van der Waals surface area contributed by atoms with Crippen molar-refractivity contribution in [2.24, 2.45) is 0 Å². The molecule has 472 valence electrons. The van der Waals surface area contributed by atoms with Crippen molar-refractivity contribution in [1.82, 2.24) is 5.32 Å². The standard InChI is InChI=1S/C74H141NO5/c1-3-5-7-9-11-13-15-17-19-20-21-22-26-29-32-35-39-42-46-50-54-58-62-66-72(77)71(70-76)75-73(78)67-63-59-55-51-47-43-40-36-33-30-27-24-23-25-28-31-34-37-41-45-49-53-57-61-65-69-80-74(79)68-64-60-56-52-48-44-38-18-16-14-12-10-8-6-4-2/h12,14,18,38,62,66,71-72,76-77H,3-11,13,15-17,19-37,39-61,63-65,67-70H2,1-2H3,(H,75,78)/b14-12-,38-18-,66-62+. The second-order valence-electron chi connectivity index (χ2n) is 24.9. The Morgan fingerprint density at radius 3 is 0.975 bits per heavy atom. The number of unbranched alkanes of at least 4 members (excludes halogenated alkanes) is 53. The zero-order valence-corrected chi connectivity index (χ0v) is 54.1. The molecule has 0 aromatic carbocycles. The molecule has 0 spiro atoms. The summed E-state index contributed by atoms with van der Waals surface area (Å²) in [6.45, 7) is 4.91. The molecule has 0 aromatic heterocycles. The SMILES string of the molecule is CCCCC/C=C\C/C=C\CCCCCCCC(=O)OCCCCCCCCCCCCCCCCCCCCCCCCCCCC(=O)NC(CO)C(O)/C=C/CCCCCCCCCCCCCCCCCCCCCCC. The molecule has 2 atom stereocenters. The number of esters is 1. The summed E-state index contributed by atoms with van der Waals surface area (Å²) in [7, 11) is 0. The number of nitrogens with one attached hydrogen (secondary N) is 1. The van der Waals surface area contributed by atoms with Crippen molar-refractivity contribution in [2.45, 2.75) is 411 Å². The lowest BCUT2D eigenvalue weighted by Crippen LogP contribution is -2.45. The van der Waals surface area contributed by atoms with E-state index in [1.807, 2.05) is 6.08 Å². The highest BCUT2D eigenvalue weighted by Gasteiger charge is 2.18. The third-order valence-corrected chi connectivity index (χ3v) is 16.9. The maximum Gasteiger partial charge on any atom is 0.305 e. The second-order valence-corrected chi connectivity index (χ2v) is 24.9. The van der Waals surface area contributed by atoms with Crippen molar-refractivity contribution in [3.8, 4) is 0 Å². The second kappa shape index (κ2) is 69.6. The number of allylic oxidation sites excluding steroid dienone is 5. The predicted octanol–water partition coefficient (Wildman–Crippen LogP) is 23.5. The molecule has 2 unspecified atom stereocenters. The van der Waals surface area contributed by atoms with Crippen LogP contribution in [0.5, 0.6) is 0 Å². The summed E-state index contributed by atoms with van der Waals surface area (Å²) in [6.07, 6.45) is 89.4. The Morgan fingerprint density at radius 1 is 0.350 bits per heavy atom. The first-order valence-corrected chi connectivity index (χ1v) is 36.3. The van der Waals surface area contributed by atoms with Gasteiger partial charge in [-0.2, -0.15) is 0 Å². The maximum atomic E-state index is 12.5. The summed E-state index contributed by atoms with van der Waals surface area (Å²) in [4.78, 5) is 24.6. The van der Waals surface area contributed by atoms with Crippen LogP contribution in [0.2, 0.25) is 0 Å². The first-order chi connectivity index (χ1) is 39.5. The van der Waals surface area contributed by atoms with Crippen molar-refractivity contribution in [3.05, 3.63) is 36.5 Å². The highest BCUT2D eigenvalue weighted by Crippen LogP contribution is 2.19. The van der Waals surface area contributed by atoms with E-state index in [1.165, 1.54) is 321 Å². The van der Waals surface area contributed by atoms with Gasteiger partial charge in [-0.1, -0.05) is 359 Å². The number of carbonyl (C=O) groups is 2. The summed E-state index contributed by atoms with van der Waals surface area (Å²) in [6, 6.07) is -0.628. The quantitative estimate of drug-likeness (QED) is 0.0320. The Balaban J connectivity index is 3.40. The van der Waals surface area contributed by atoms with Crippen molar-refractivity contribution >= 4 is 11.9 Å². The molecule has 3 N–H and O–H groups in total. The summed E-state index contributed by atoms with van der Waals surface area (Å²) in [5.41, 5.74) is 0. The van der Waals surface area contributed by atoms with Crippen LogP contribution in [0.25, 0.3) is 0 Å². The van der Waals surface area contributed by atoms with E-state index in [-0.39, 0.29) is 18.5 Å². The zero-order chi connectivity index (χ0) is 57.8. The van der Waals surface area contributed by atoms with Crippen molar-refractivity contribution < 1.29 is 24.5 Å². The van der Waals surface area contributed by atoms with E-state index in [0.29, 0.717) is 19.4 Å². The van der Waals surface area contributed by atoms with E-state index in [2.05, 4.69) is 43.5 Å². The highest BCUT2D eigenvalue weighted by molar-refractivity contribution is 5.76. The smallest absolute Gasteiger partial charge is 0.305 e. The van der Waals surface area contributed by atoms with Gasteiger partial charge in [0.1, 0.15) is 0 Å². The molecule has 0 saturated carbocycles. The number of aliphatic hydroxyl groups is 2. The third kappa shape index (κ3) is 65.2. The van der Waals surface area contributed by atoms with Gasteiger partial charge in [0, 0.05) is 12.8 Å². The van der Waals surface area contributed by atoms with E-state index in [1.54, 1.807) is 6.08 Å². The number of aliphatic hydroxyl groups excluding tert-OH is 2. The average molecular weight is 1120 g/mol. The van der Waals surface area contributed by atoms with E-state index >= 15 is 0 Å². The minimum atomic E-state index is -0.845. The number of carbonyl (C=O) groups excluding carboxylic acids is 2. The van der Waals surface area contributed by atoms with Gasteiger partial charge in [0.2, 0.25) is 5.91 Å². The van der Waals surface area contributed by atoms with Gasteiger partial charge in [0.05, 0.1) is 25.4 Å². The first-order valence-electron chi connectivity index (χ1n) is 36.3. The number of ether oxygens (including phenoxy) is 1. The van der Waals surface area contributed by atoms with Crippen LogP contribution in [0.15, 0.2) is 36.5 Å². The highest BCUT2D eigenvalue weighted by atomic mass is 16.5. The fourth-order valence-electron chi connectivity index (χ4n) is 11.4. The average Bonchev–Trinajstić information content (AvgIpc) is 3.46. The van der Waals surface area contributed by atoms with E-state index in [0.717, 1.165) is 51.4 Å². The molecule has 0 rings (SSSR count). The molecule has 0 aliphatic carbocycles. The molecule has 80 heavy (non-hydrogen) atoms. The summed E-state index contributed by atoms with van der Waals surface area (Å²) < 4.78 is 5.49. The van der Waals surface area contributed by atoms with Crippen LogP contribution >= 0.6 is 0 Å². The molecule has 0 saturated heterocycles. The first kappa shape index (κ1) is 78.1. The lowest BCUT2D eigenvalue weighted by atomic mass is 10.0. The van der Waals surface area contributed by atoms with Gasteiger partial charge in [-0.3, -0.25) is 9.59 Å². The Morgan fingerprint density at radius 2 is 0.625 bits per heavy atom. The fourth-order valence-corrected chi connectivity index (χ4v) is 11.4. The molecule has 6 nitrogen and oxygen atoms in total. The van der Waals surface area contributed by atoms with Crippen molar-refractivity contribution in [1.29, 1.82) is 0 Å². The molecular weight excluding hydrogens is 983 g/mol. The largest absolute Gasteiger partial charge is 0.466 e. The Hall–Kier alpha value is -1.92. The van der Waals surface area contributed by atoms with Gasteiger partial charge >= 0.3 is 5.97 Å². The number of hydrogen-bond acceptors (Lipinski definition) is 5. The summed E-state index contributed by atoms with van der Waals surface area (Å²) in [5.74, 6) is -0.0597. The monoisotopic (exact) mass is 1120 g/mol. The molecule has 0 radical (unpaired) electrons. The minimum absolute atomic E-state index is 0.00252. The number of amides is 1. The molecule has 1 amide bonds. The van der Waals surface area contributed by atoms with Crippen LogP contribution in [0.1, 0.15) is 399 Å². The van der Waals surface area contributed by atoms with Crippen LogP contribution in [-0.4, -0.2) is 47.4 Å². The summed E-state index contributed by atoms with van der Waals surface area (Å²) >= 11 is 0. The van der Waals surface area contributed by atoms with E-state index in [9.17, 15) is 19.8 Å². The van der Waals surface area contributed by atoms with Crippen LogP contribution in [0.3, 0.4) is 0 Å². The lowest BCUT2D eigenvalue weighted by molar-refractivity contribution is -0.143. The molecule has 0 heterocycles. The minimum Gasteiger partial charge on any atom is -0.466 e. The molecule has 6 heteroatoms. The number of rotatable bonds is 68. The molecular formula is C74H141NO5. The normalized spacial score (nSPS) is 12.7. The van der Waals surface area contributed by atoms with Gasteiger partial charge < -0.3 is 20.3 Å². The predicted molar refractivity (Wildman–Crippen MR) is 352 cm³/mol. The Kier molecular flexibility index (Phi) is 67.9. The Labute approximate surface area is 500 Å². The fraction of sp³-hybridized carbons (Fsp3) is 0.892. The maximum absolute atomic E-state index is 12.5. The van der Waals surface area contributed by atoms with Crippen molar-refractivity contribution in [3.63, 3.8) is 0 Å². The number of hydrogen-bond donors (Lipinski definition) is 3. The van der Waals surface area contributed by atoms with E-state index in [4.69, 9.17) is 4.74 Å². The Bertz CT molecular complexity index is 1300. The van der Waals surface area contributed by atoms with Gasteiger partial charge in [0.25, 0.3) is 0 Å². The molecule has 0 fully saturated rings. The van der Waals surface area contributed by atoms with Gasteiger partial charge in [-0.15, -0.1) is 0 Å². The molecule has 0 aliphatic heterocycles. The van der Waals surface area contributed by atoms with Crippen LogP contribution < -0.4 is 5.32 Å². The molecule has 0 aromatic rings. The van der Waals surface area contributed by atoms with Gasteiger partial charge in [-0.05, 0) is 64.2 Å². The third-order valence-electron chi connectivity index (χ3n) is 16.9. The zero-order valence-electron chi connectivity index (χ0n) is 54.1. The van der Waals surface area contributed by atoms with Crippen LogP contribution in [-0.2, 0) is 14.3 Å². The van der Waals surface area contributed by atoms with E-state index < -0.39 is 12.1 Å².